The molecule has 4 atom stereocenters. The lowest BCUT2D eigenvalue weighted by Crippen LogP contribution is -2.38. The standard InChI is InChI=1S/C11H14O2/c1-6-3-4-7-8(6)5-9-11(2,13-9)10(7)12/h3,7-9H,4-5H2,1-2H3/t7-,8+,9-,11-/m0/s1. The largest absolute Gasteiger partial charge is 0.358 e. The Morgan fingerprint density at radius 1 is 1.54 bits per heavy atom. The van der Waals surface area contributed by atoms with Crippen LogP contribution in [0.5, 0.6) is 0 Å². The lowest BCUT2D eigenvalue weighted by molar-refractivity contribution is -0.129. The van der Waals surface area contributed by atoms with E-state index in [2.05, 4.69) is 13.0 Å². The monoisotopic (exact) mass is 178 g/mol. The van der Waals surface area contributed by atoms with Crippen LogP contribution in [0.25, 0.3) is 0 Å². The molecular weight excluding hydrogens is 164 g/mol. The molecule has 1 saturated heterocycles. The molecule has 2 heteroatoms. The van der Waals surface area contributed by atoms with Gasteiger partial charge in [0.25, 0.3) is 0 Å². The van der Waals surface area contributed by atoms with Gasteiger partial charge < -0.3 is 4.74 Å². The van der Waals surface area contributed by atoms with Crippen molar-refractivity contribution in [1.82, 2.24) is 0 Å². The molecule has 1 heterocycles. The van der Waals surface area contributed by atoms with E-state index in [-0.39, 0.29) is 17.6 Å². The molecule has 70 valence electrons. The van der Waals surface area contributed by atoms with Crippen LogP contribution in [0.4, 0.5) is 0 Å². The Labute approximate surface area is 78.0 Å². The summed E-state index contributed by atoms with van der Waals surface area (Å²) in [6, 6.07) is 0. The van der Waals surface area contributed by atoms with Gasteiger partial charge in [0.2, 0.25) is 0 Å². The smallest absolute Gasteiger partial charge is 0.171 e. The highest BCUT2D eigenvalue weighted by atomic mass is 16.6. The Morgan fingerprint density at radius 2 is 2.31 bits per heavy atom. The molecule has 0 aromatic rings. The molecule has 0 radical (unpaired) electrons. The molecule has 1 saturated carbocycles. The van der Waals surface area contributed by atoms with Crippen molar-refractivity contribution in [3.05, 3.63) is 11.6 Å². The van der Waals surface area contributed by atoms with Gasteiger partial charge in [-0.3, -0.25) is 4.79 Å². The summed E-state index contributed by atoms with van der Waals surface area (Å²) in [5, 5.41) is 0. The first-order chi connectivity index (χ1) is 6.13. The fourth-order valence-corrected chi connectivity index (χ4v) is 2.94. The maximum absolute atomic E-state index is 12.0. The maximum atomic E-state index is 12.0. The first-order valence-corrected chi connectivity index (χ1v) is 5.01. The van der Waals surface area contributed by atoms with Crippen molar-refractivity contribution in [2.24, 2.45) is 11.8 Å². The highest BCUT2D eigenvalue weighted by Crippen LogP contribution is 2.53. The number of fused-ring (bicyclic) bond motifs is 2. The number of Topliss-reactive ketones (excluding diaryl/α,β-unsaturated/α-hetero) is 1. The van der Waals surface area contributed by atoms with Crippen molar-refractivity contribution in [1.29, 1.82) is 0 Å². The topological polar surface area (TPSA) is 29.6 Å². The predicted molar refractivity (Wildman–Crippen MR) is 48.3 cm³/mol. The van der Waals surface area contributed by atoms with E-state index >= 15 is 0 Å². The third-order valence-corrected chi connectivity index (χ3v) is 4.00. The van der Waals surface area contributed by atoms with Gasteiger partial charge in [0.15, 0.2) is 11.4 Å². The van der Waals surface area contributed by atoms with Gasteiger partial charge in [0, 0.05) is 5.92 Å². The second kappa shape index (κ2) is 2.06. The summed E-state index contributed by atoms with van der Waals surface area (Å²) in [6.45, 7) is 4.09. The number of ketones is 1. The van der Waals surface area contributed by atoms with Crippen LogP contribution in [0.3, 0.4) is 0 Å². The minimum Gasteiger partial charge on any atom is -0.358 e. The second-order valence-electron chi connectivity index (χ2n) is 4.71. The normalized spacial score (nSPS) is 52.6. The van der Waals surface area contributed by atoms with E-state index in [0.29, 0.717) is 11.7 Å². The van der Waals surface area contributed by atoms with E-state index in [1.165, 1.54) is 5.57 Å². The molecule has 0 aromatic heterocycles. The van der Waals surface area contributed by atoms with Gasteiger partial charge in [-0.2, -0.15) is 0 Å². The Bertz CT molecular complexity index is 318. The Hall–Kier alpha value is -0.630. The minimum absolute atomic E-state index is 0.225. The zero-order chi connectivity index (χ0) is 9.22. The molecule has 3 aliphatic rings. The van der Waals surface area contributed by atoms with Gasteiger partial charge in [-0.25, -0.2) is 0 Å². The van der Waals surface area contributed by atoms with Crippen LogP contribution in [0.2, 0.25) is 0 Å². The third-order valence-electron chi connectivity index (χ3n) is 4.00. The van der Waals surface area contributed by atoms with Crippen LogP contribution >= 0.6 is 0 Å². The minimum atomic E-state index is -0.389. The maximum Gasteiger partial charge on any atom is 0.171 e. The first kappa shape index (κ1) is 7.74. The van der Waals surface area contributed by atoms with E-state index in [1.807, 2.05) is 6.92 Å². The van der Waals surface area contributed by atoms with Crippen molar-refractivity contribution in [2.75, 3.05) is 0 Å². The molecule has 2 nitrogen and oxygen atoms in total. The summed E-state index contributed by atoms with van der Waals surface area (Å²) in [5.41, 5.74) is 1.01. The van der Waals surface area contributed by atoms with E-state index < -0.39 is 0 Å². The summed E-state index contributed by atoms with van der Waals surface area (Å²) in [5.74, 6) is 1.08. The molecule has 0 aromatic carbocycles. The molecule has 2 aliphatic carbocycles. The first-order valence-electron chi connectivity index (χ1n) is 5.01. The molecule has 2 fully saturated rings. The van der Waals surface area contributed by atoms with Gasteiger partial charge in [-0.05, 0) is 32.6 Å². The van der Waals surface area contributed by atoms with Gasteiger partial charge in [-0.15, -0.1) is 0 Å². The number of rotatable bonds is 0. The average molecular weight is 178 g/mol. The van der Waals surface area contributed by atoms with Gasteiger partial charge >= 0.3 is 0 Å². The summed E-state index contributed by atoms with van der Waals surface area (Å²) >= 11 is 0. The van der Waals surface area contributed by atoms with Gasteiger partial charge in [0.1, 0.15) is 0 Å². The Morgan fingerprint density at radius 3 is 3.08 bits per heavy atom. The van der Waals surface area contributed by atoms with Crippen LogP contribution in [0.15, 0.2) is 11.6 Å². The number of epoxide rings is 1. The highest BCUT2D eigenvalue weighted by Gasteiger charge is 2.65. The van der Waals surface area contributed by atoms with E-state index in [0.717, 1.165) is 12.8 Å². The number of hydrogen-bond acceptors (Lipinski definition) is 2. The lowest BCUT2D eigenvalue weighted by atomic mass is 9.73. The van der Waals surface area contributed by atoms with Crippen LogP contribution < -0.4 is 0 Å². The van der Waals surface area contributed by atoms with E-state index in [1.54, 1.807) is 0 Å². The van der Waals surface area contributed by atoms with Crippen LogP contribution in [0, 0.1) is 11.8 Å². The van der Waals surface area contributed by atoms with E-state index in [9.17, 15) is 4.79 Å². The number of carbonyl (C=O) groups is 1. The molecule has 1 aliphatic heterocycles. The quantitative estimate of drug-likeness (QED) is 0.417. The van der Waals surface area contributed by atoms with Gasteiger partial charge in [0.05, 0.1) is 6.10 Å². The second-order valence-corrected chi connectivity index (χ2v) is 4.71. The van der Waals surface area contributed by atoms with Gasteiger partial charge in [-0.1, -0.05) is 11.6 Å². The lowest BCUT2D eigenvalue weighted by Gasteiger charge is -2.26. The van der Waals surface area contributed by atoms with Crippen molar-refractivity contribution in [3.63, 3.8) is 0 Å². The fourth-order valence-electron chi connectivity index (χ4n) is 2.94. The predicted octanol–water partition coefficient (Wildman–Crippen LogP) is 1.70. The fraction of sp³-hybridized carbons (Fsp3) is 0.727. The number of carbonyl (C=O) groups excluding carboxylic acids is 1. The van der Waals surface area contributed by atoms with E-state index in [4.69, 9.17) is 4.74 Å². The van der Waals surface area contributed by atoms with Crippen LogP contribution in [-0.2, 0) is 9.53 Å². The van der Waals surface area contributed by atoms with Crippen molar-refractivity contribution < 1.29 is 9.53 Å². The molecule has 0 amide bonds. The van der Waals surface area contributed by atoms with Crippen molar-refractivity contribution >= 4 is 5.78 Å². The SMILES string of the molecule is CC1=CC[C@@H]2C(=O)[C@@]3(C)O[C@H]3C[C@H]12. The zero-order valence-corrected chi connectivity index (χ0v) is 8.04. The third kappa shape index (κ3) is 0.798. The summed E-state index contributed by atoms with van der Waals surface area (Å²) in [7, 11) is 0. The van der Waals surface area contributed by atoms with Crippen molar-refractivity contribution in [3.8, 4) is 0 Å². The average Bonchev–Trinajstić information content (AvgIpc) is 2.63. The Kier molecular flexibility index (Phi) is 1.23. The number of hydrogen-bond donors (Lipinski definition) is 0. The molecule has 0 unspecified atom stereocenters. The summed E-state index contributed by atoms with van der Waals surface area (Å²) < 4.78 is 5.49. The summed E-state index contributed by atoms with van der Waals surface area (Å²) in [4.78, 5) is 12.0. The molecule has 0 spiro atoms. The molecular formula is C11H14O2. The molecule has 0 N–H and O–H groups in total. The molecule has 0 bridgehead atoms. The van der Waals surface area contributed by atoms with Crippen LogP contribution in [-0.4, -0.2) is 17.5 Å². The molecule has 3 rings (SSSR count). The van der Waals surface area contributed by atoms with Crippen LogP contribution in [0.1, 0.15) is 26.7 Å². The Balaban J connectivity index is 1.95. The zero-order valence-electron chi connectivity index (χ0n) is 8.04. The molecule has 13 heavy (non-hydrogen) atoms. The number of allylic oxidation sites excluding steroid dienone is 2. The number of ether oxygens (including phenoxy) is 1. The summed E-state index contributed by atoms with van der Waals surface area (Å²) in [6.07, 6.45) is 4.46. The highest BCUT2D eigenvalue weighted by molar-refractivity contribution is 5.94. The van der Waals surface area contributed by atoms with Crippen molar-refractivity contribution in [2.45, 2.75) is 38.4 Å².